The molecule has 0 spiro atoms. The maximum atomic E-state index is 12.6. The SMILES string of the molecule is O=C(CCc1cnccn1)N1CCCC1CCC1CCCCC1. The average molecular weight is 315 g/mol. The van der Waals surface area contributed by atoms with E-state index in [-0.39, 0.29) is 0 Å². The second-order valence-corrected chi connectivity index (χ2v) is 7.16. The standard InChI is InChI=1S/C19H29N3O/c23-19(11-9-17-15-20-12-13-21-17)22-14-4-7-18(22)10-8-16-5-2-1-3-6-16/h12-13,15-16,18H,1-11,14H2. The first-order chi connectivity index (χ1) is 11.3. The van der Waals surface area contributed by atoms with Crippen molar-refractivity contribution in [3.05, 3.63) is 24.3 Å². The lowest BCUT2D eigenvalue weighted by Crippen LogP contribution is -2.36. The highest BCUT2D eigenvalue weighted by Crippen LogP contribution is 2.30. The van der Waals surface area contributed by atoms with Crippen molar-refractivity contribution in [2.75, 3.05) is 6.54 Å². The number of rotatable bonds is 6. The molecule has 1 aromatic heterocycles. The lowest BCUT2D eigenvalue weighted by atomic mass is 9.85. The lowest BCUT2D eigenvalue weighted by Gasteiger charge is -2.28. The minimum Gasteiger partial charge on any atom is -0.340 e. The molecule has 2 aliphatic rings. The normalized spacial score (nSPS) is 22.4. The van der Waals surface area contributed by atoms with E-state index in [9.17, 15) is 4.79 Å². The highest BCUT2D eigenvalue weighted by atomic mass is 16.2. The van der Waals surface area contributed by atoms with Crippen LogP contribution in [0.2, 0.25) is 0 Å². The number of aryl methyl sites for hydroxylation is 1. The third-order valence-corrected chi connectivity index (χ3v) is 5.54. The van der Waals surface area contributed by atoms with Crippen molar-refractivity contribution < 1.29 is 4.79 Å². The number of carbonyl (C=O) groups excluding carboxylic acids is 1. The Morgan fingerprint density at radius 1 is 1.09 bits per heavy atom. The van der Waals surface area contributed by atoms with E-state index in [2.05, 4.69) is 14.9 Å². The average Bonchev–Trinajstić information content (AvgIpc) is 3.08. The number of amides is 1. The molecule has 2 heterocycles. The van der Waals surface area contributed by atoms with Gasteiger partial charge in [-0.2, -0.15) is 0 Å². The smallest absolute Gasteiger partial charge is 0.223 e. The molecule has 1 aromatic rings. The van der Waals surface area contributed by atoms with Gasteiger partial charge in [-0.3, -0.25) is 14.8 Å². The molecule has 1 aliphatic carbocycles. The van der Waals surface area contributed by atoms with E-state index in [1.165, 1.54) is 57.8 Å². The van der Waals surface area contributed by atoms with E-state index < -0.39 is 0 Å². The first-order valence-corrected chi connectivity index (χ1v) is 9.37. The molecule has 4 nitrogen and oxygen atoms in total. The molecule has 126 valence electrons. The molecule has 1 aliphatic heterocycles. The van der Waals surface area contributed by atoms with Crippen LogP contribution in [0.5, 0.6) is 0 Å². The fourth-order valence-electron chi connectivity index (χ4n) is 4.21. The quantitative estimate of drug-likeness (QED) is 0.803. The number of carbonyl (C=O) groups is 1. The summed E-state index contributed by atoms with van der Waals surface area (Å²) in [5, 5.41) is 0. The Kier molecular flexibility index (Phi) is 6.00. The fraction of sp³-hybridized carbons (Fsp3) is 0.737. The first-order valence-electron chi connectivity index (χ1n) is 9.37. The Morgan fingerprint density at radius 3 is 2.74 bits per heavy atom. The molecule has 0 bridgehead atoms. The maximum absolute atomic E-state index is 12.6. The van der Waals surface area contributed by atoms with Gasteiger partial charge in [0.25, 0.3) is 0 Å². The van der Waals surface area contributed by atoms with Crippen LogP contribution >= 0.6 is 0 Å². The van der Waals surface area contributed by atoms with Crippen molar-refractivity contribution >= 4 is 5.91 Å². The molecule has 1 saturated heterocycles. The summed E-state index contributed by atoms with van der Waals surface area (Å²) < 4.78 is 0. The third kappa shape index (κ3) is 4.76. The summed E-state index contributed by atoms with van der Waals surface area (Å²) in [5.41, 5.74) is 0.916. The van der Waals surface area contributed by atoms with Crippen molar-refractivity contribution in [3.8, 4) is 0 Å². The van der Waals surface area contributed by atoms with E-state index in [1.807, 2.05) is 0 Å². The van der Waals surface area contributed by atoms with E-state index >= 15 is 0 Å². The van der Waals surface area contributed by atoms with Gasteiger partial charge in [0, 0.05) is 37.6 Å². The van der Waals surface area contributed by atoms with E-state index in [1.54, 1.807) is 18.6 Å². The van der Waals surface area contributed by atoms with Crippen LogP contribution in [0, 0.1) is 5.92 Å². The second-order valence-electron chi connectivity index (χ2n) is 7.16. The molecule has 3 rings (SSSR count). The highest BCUT2D eigenvalue weighted by molar-refractivity contribution is 5.77. The zero-order valence-corrected chi connectivity index (χ0v) is 14.1. The maximum Gasteiger partial charge on any atom is 0.223 e. The second kappa shape index (κ2) is 8.42. The summed E-state index contributed by atoms with van der Waals surface area (Å²) in [6.07, 6.45) is 18.4. The van der Waals surface area contributed by atoms with Crippen LogP contribution in [0.3, 0.4) is 0 Å². The molecule has 0 aromatic carbocycles. The van der Waals surface area contributed by atoms with Gasteiger partial charge < -0.3 is 4.90 Å². The van der Waals surface area contributed by atoms with Crippen LogP contribution in [0.1, 0.15) is 69.9 Å². The van der Waals surface area contributed by atoms with Crippen LogP contribution in [0.25, 0.3) is 0 Å². The first kappa shape index (κ1) is 16.4. The minimum absolute atomic E-state index is 0.307. The van der Waals surface area contributed by atoms with Gasteiger partial charge in [0.2, 0.25) is 5.91 Å². The molecule has 0 N–H and O–H groups in total. The number of likely N-dealkylation sites (tertiary alicyclic amines) is 1. The van der Waals surface area contributed by atoms with Crippen molar-refractivity contribution in [3.63, 3.8) is 0 Å². The summed E-state index contributed by atoms with van der Waals surface area (Å²) in [6.45, 7) is 0.953. The molecular weight excluding hydrogens is 286 g/mol. The molecule has 1 atom stereocenters. The van der Waals surface area contributed by atoms with Crippen LogP contribution in [0.4, 0.5) is 0 Å². The van der Waals surface area contributed by atoms with Crippen LogP contribution in [-0.2, 0) is 11.2 Å². The molecule has 2 fully saturated rings. The molecule has 0 radical (unpaired) electrons. The molecule has 4 heteroatoms. The Balaban J connectivity index is 1.44. The van der Waals surface area contributed by atoms with Crippen molar-refractivity contribution in [1.29, 1.82) is 0 Å². The van der Waals surface area contributed by atoms with E-state index in [0.717, 1.165) is 18.2 Å². The van der Waals surface area contributed by atoms with Gasteiger partial charge >= 0.3 is 0 Å². The number of aromatic nitrogens is 2. The van der Waals surface area contributed by atoms with Crippen LogP contribution < -0.4 is 0 Å². The zero-order chi connectivity index (χ0) is 15.9. The van der Waals surface area contributed by atoms with Gasteiger partial charge in [0.1, 0.15) is 0 Å². The predicted octanol–water partition coefficient (Wildman–Crippen LogP) is 3.76. The number of nitrogens with zero attached hydrogens (tertiary/aromatic N) is 3. The van der Waals surface area contributed by atoms with E-state index in [4.69, 9.17) is 0 Å². The number of hydrogen-bond acceptors (Lipinski definition) is 3. The Hall–Kier alpha value is -1.45. The zero-order valence-electron chi connectivity index (χ0n) is 14.1. The Bertz CT molecular complexity index is 485. The molecule has 1 amide bonds. The third-order valence-electron chi connectivity index (χ3n) is 5.54. The Labute approximate surface area is 139 Å². The largest absolute Gasteiger partial charge is 0.340 e. The number of hydrogen-bond donors (Lipinski definition) is 0. The topological polar surface area (TPSA) is 46.1 Å². The van der Waals surface area contributed by atoms with E-state index in [0.29, 0.717) is 24.8 Å². The van der Waals surface area contributed by atoms with Gasteiger partial charge in [0.15, 0.2) is 0 Å². The summed E-state index contributed by atoms with van der Waals surface area (Å²) >= 11 is 0. The molecule has 23 heavy (non-hydrogen) atoms. The molecule has 1 saturated carbocycles. The van der Waals surface area contributed by atoms with Gasteiger partial charge in [-0.1, -0.05) is 32.1 Å². The molecular formula is C19H29N3O. The lowest BCUT2D eigenvalue weighted by molar-refractivity contribution is -0.132. The van der Waals surface area contributed by atoms with Gasteiger partial charge in [-0.15, -0.1) is 0 Å². The van der Waals surface area contributed by atoms with Gasteiger partial charge in [0.05, 0.1) is 5.69 Å². The summed E-state index contributed by atoms with van der Waals surface area (Å²) in [7, 11) is 0. The van der Waals surface area contributed by atoms with Gasteiger partial charge in [-0.25, -0.2) is 0 Å². The fourth-order valence-corrected chi connectivity index (χ4v) is 4.21. The summed E-state index contributed by atoms with van der Waals surface area (Å²) in [6, 6.07) is 0.492. The minimum atomic E-state index is 0.307. The monoisotopic (exact) mass is 315 g/mol. The highest BCUT2D eigenvalue weighted by Gasteiger charge is 2.28. The summed E-state index contributed by atoms with van der Waals surface area (Å²) in [4.78, 5) is 23.0. The Morgan fingerprint density at radius 2 is 1.96 bits per heavy atom. The van der Waals surface area contributed by atoms with Crippen LogP contribution in [-0.4, -0.2) is 33.4 Å². The van der Waals surface area contributed by atoms with Crippen molar-refractivity contribution in [2.45, 2.75) is 76.7 Å². The summed E-state index contributed by atoms with van der Waals surface area (Å²) in [5.74, 6) is 1.22. The molecule has 1 unspecified atom stereocenters. The van der Waals surface area contributed by atoms with Crippen molar-refractivity contribution in [1.82, 2.24) is 14.9 Å². The predicted molar refractivity (Wildman–Crippen MR) is 90.9 cm³/mol. The van der Waals surface area contributed by atoms with Crippen molar-refractivity contribution in [2.24, 2.45) is 5.92 Å². The van der Waals surface area contributed by atoms with Gasteiger partial charge in [-0.05, 0) is 38.0 Å². The van der Waals surface area contributed by atoms with Crippen LogP contribution in [0.15, 0.2) is 18.6 Å².